The Hall–Kier alpha value is -2.06. The van der Waals surface area contributed by atoms with Gasteiger partial charge in [-0.3, -0.25) is 4.79 Å². The lowest BCUT2D eigenvalue weighted by Crippen LogP contribution is -2.30. The Morgan fingerprint density at radius 2 is 2.06 bits per heavy atom. The van der Waals surface area contributed by atoms with Crippen LogP contribution < -0.4 is 5.32 Å². The van der Waals surface area contributed by atoms with Gasteiger partial charge in [0, 0.05) is 6.04 Å². The third-order valence-electron chi connectivity index (χ3n) is 2.43. The molecular weight excluding hydrogens is 255 g/mol. The average molecular weight is 263 g/mol. The molecule has 0 aromatic carbocycles. The second-order valence-corrected chi connectivity index (χ2v) is 3.84. The fourth-order valence-electron chi connectivity index (χ4n) is 1.47. The van der Waals surface area contributed by atoms with Crippen molar-refractivity contribution in [3.05, 3.63) is 12.0 Å². The smallest absolute Gasteiger partial charge is 0.471 e. The van der Waals surface area contributed by atoms with E-state index >= 15 is 0 Å². The lowest BCUT2D eigenvalue weighted by atomic mass is 10.4. The standard InChI is InChI=1S/C9H8F3N3O3/c10-9(11,12)8(18)14-6-5(7(16)17)15(3-13-6)4-1-2-4/h3-4H,1-2H2,(H,14,18)(H,16,17). The number of aromatic nitrogens is 2. The van der Waals surface area contributed by atoms with E-state index in [-0.39, 0.29) is 6.04 Å². The zero-order chi connectivity index (χ0) is 13.5. The third kappa shape index (κ3) is 2.29. The Kier molecular flexibility index (Phi) is 2.76. The van der Waals surface area contributed by atoms with Crippen LogP contribution in [-0.4, -0.2) is 32.7 Å². The highest BCUT2D eigenvalue weighted by molar-refractivity contribution is 6.00. The van der Waals surface area contributed by atoms with Crippen molar-refractivity contribution in [1.29, 1.82) is 0 Å². The summed E-state index contributed by atoms with van der Waals surface area (Å²) in [5.74, 6) is -4.26. The molecule has 98 valence electrons. The van der Waals surface area contributed by atoms with Crippen molar-refractivity contribution in [3.8, 4) is 0 Å². The van der Waals surface area contributed by atoms with Crippen molar-refractivity contribution >= 4 is 17.7 Å². The largest absolute Gasteiger partial charge is 0.476 e. The molecule has 6 nitrogen and oxygen atoms in total. The van der Waals surface area contributed by atoms with E-state index in [1.165, 1.54) is 9.88 Å². The van der Waals surface area contributed by atoms with Crippen LogP contribution in [0.25, 0.3) is 0 Å². The highest BCUT2D eigenvalue weighted by atomic mass is 19.4. The summed E-state index contributed by atoms with van der Waals surface area (Å²) in [6.45, 7) is 0. The Morgan fingerprint density at radius 1 is 1.44 bits per heavy atom. The second kappa shape index (κ2) is 4.00. The normalized spacial score (nSPS) is 15.5. The van der Waals surface area contributed by atoms with Gasteiger partial charge in [-0.15, -0.1) is 0 Å². The van der Waals surface area contributed by atoms with Crippen molar-refractivity contribution in [3.63, 3.8) is 0 Å². The first kappa shape index (κ1) is 12.4. The highest BCUT2D eigenvalue weighted by Gasteiger charge is 2.40. The molecular formula is C9H8F3N3O3. The molecule has 0 unspecified atom stereocenters. The van der Waals surface area contributed by atoms with E-state index in [0.29, 0.717) is 0 Å². The summed E-state index contributed by atoms with van der Waals surface area (Å²) in [6.07, 6.45) is -2.49. The summed E-state index contributed by atoms with van der Waals surface area (Å²) in [4.78, 5) is 25.2. The molecule has 0 atom stereocenters. The summed E-state index contributed by atoms with van der Waals surface area (Å²) >= 11 is 0. The number of nitrogens with zero attached hydrogens (tertiary/aromatic N) is 2. The SMILES string of the molecule is O=C(O)c1c(NC(=O)C(F)(F)F)ncn1C1CC1. The molecule has 0 spiro atoms. The number of nitrogens with one attached hydrogen (secondary N) is 1. The number of carbonyl (C=O) groups is 2. The number of alkyl halides is 3. The number of carboxylic acid groups (broad SMARTS) is 1. The molecule has 2 N–H and O–H groups in total. The monoisotopic (exact) mass is 263 g/mol. The Morgan fingerprint density at radius 3 is 2.50 bits per heavy atom. The summed E-state index contributed by atoms with van der Waals surface area (Å²) in [7, 11) is 0. The molecule has 0 aliphatic heterocycles. The molecule has 1 heterocycles. The predicted molar refractivity (Wildman–Crippen MR) is 52.1 cm³/mol. The zero-order valence-corrected chi connectivity index (χ0v) is 8.86. The maximum absolute atomic E-state index is 12.1. The lowest BCUT2D eigenvalue weighted by Gasteiger charge is -2.07. The molecule has 1 amide bonds. The van der Waals surface area contributed by atoms with Crippen molar-refractivity contribution in [2.24, 2.45) is 0 Å². The van der Waals surface area contributed by atoms with Crippen molar-refractivity contribution in [1.82, 2.24) is 9.55 Å². The molecule has 9 heteroatoms. The van der Waals surface area contributed by atoms with Gasteiger partial charge in [0.2, 0.25) is 0 Å². The van der Waals surface area contributed by atoms with E-state index in [9.17, 15) is 22.8 Å². The van der Waals surface area contributed by atoms with Crippen LogP contribution in [0.3, 0.4) is 0 Å². The fourth-order valence-corrected chi connectivity index (χ4v) is 1.47. The average Bonchev–Trinajstić information content (AvgIpc) is 2.98. The Bertz CT molecular complexity index is 505. The summed E-state index contributed by atoms with van der Waals surface area (Å²) in [5.41, 5.74) is -0.435. The number of carboxylic acids is 1. The van der Waals surface area contributed by atoms with Gasteiger partial charge in [-0.2, -0.15) is 13.2 Å². The highest BCUT2D eigenvalue weighted by Crippen LogP contribution is 2.37. The maximum atomic E-state index is 12.1. The van der Waals surface area contributed by atoms with Crippen molar-refractivity contribution in [2.75, 3.05) is 5.32 Å². The lowest BCUT2D eigenvalue weighted by molar-refractivity contribution is -0.167. The quantitative estimate of drug-likeness (QED) is 0.863. The van der Waals surface area contributed by atoms with E-state index in [1.807, 2.05) is 0 Å². The number of aromatic carboxylic acids is 1. The van der Waals surface area contributed by atoms with Gasteiger partial charge in [-0.25, -0.2) is 9.78 Å². The molecule has 1 aliphatic carbocycles. The van der Waals surface area contributed by atoms with E-state index in [0.717, 1.165) is 19.2 Å². The van der Waals surface area contributed by atoms with Gasteiger partial charge in [-0.05, 0) is 12.8 Å². The molecule has 0 bridgehead atoms. The van der Waals surface area contributed by atoms with E-state index in [1.54, 1.807) is 0 Å². The van der Waals surface area contributed by atoms with Gasteiger partial charge in [0.15, 0.2) is 11.5 Å². The minimum Gasteiger partial charge on any atom is -0.476 e. The number of amides is 1. The van der Waals surface area contributed by atoms with Gasteiger partial charge in [0.05, 0.1) is 6.33 Å². The second-order valence-electron chi connectivity index (χ2n) is 3.84. The minimum atomic E-state index is -5.08. The van der Waals surface area contributed by atoms with Crippen LogP contribution in [0.1, 0.15) is 29.4 Å². The number of carbonyl (C=O) groups excluding carboxylic acids is 1. The molecule has 1 aromatic heterocycles. The summed E-state index contributed by atoms with van der Waals surface area (Å²) in [5, 5.41) is 10.4. The Labute approximate surface area is 98.4 Å². The zero-order valence-electron chi connectivity index (χ0n) is 8.86. The van der Waals surface area contributed by atoms with Gasteiger partial charge in [0.1, 0.15) is 0 Å². The molecule has 18 heavy (non-hydrogen) atoms. The fraction of sp³-hybridized carbons (Fsp3) is 0.444. The van der Waals surface area contributed by atoms with Crippen LogP contribution >= 0.6 is 0 Å². The molecule has 0 radical (unpaired) electrons. The summed E-state index contributed by atoms with van der Waals surface area (Å²) < 4.78 is 37.4. The number of rotatable bonds is 3. The van der Waals surface area contributed by atoms with Gasteiger partial charge >= 0.3 is 18.1 Å². The number of anilines is 1. The number of hydrogen-bond donors (Lipinski definition) is 2. The number of hydrogen-bond acceptors (Lipinski definition) is 3. The number of halogens is 3. The molecule has 1 aliphatic rings. The first-order valence-electron chi connectivity index (χ1n) is 4.99. The van der Waals surface area contributed by atoms with Crippen LogP contribution in [0.5, 0.6) is 0 Å². The topological polar surface area (TPSA) is 84.2 Å². The van der Waals surface area contributed by atoms with Crippen LogP contribution in [0.4, 0.5) is 19.0 Å². The van der Waals surface area contributed by atoms with E-state index in [4.69, 9.17) is 5.11 Å². The van der Waals surface area contributed by atoms with Gasteiger partial charge in [-0.1, -0.05) is 0 Å². The van der Waals surface area contributed by atoms with Gasteiger partial charge in [0.25, 0.3) is 0 Å². The third-order valence-corrected chi connectivity index (χ3v) is 2.43. The predicted octanol–water partition coefficient (Wildman–Crippen LogP) is 1.42. The maximum Gasteiger partial charge on any atom is 0.471 e. The first-order valence-corrected chi connectivity index (χ1v) is 4.99. The van der Waals surface area contributed by atoms with Crippen LogP contribution in [0.2, 0.25) is 0 Å². The van der Waals surface area contributed by atoms with E-state index < -0.39 is 29.6 Å². The molecule has 1 saturated carbocycles. The molecule has 2 rings (SSSR count). The van der Waals surface area contributed by atoms with Crippen LogP contribution in [0, 0.1) is 0 Å². The van der Waals surface area contributed by atoms with Crippen LogP contribution in [0.15, 0.2) is 6.33 Å². The Balaban J connectivity index is 2.28. The van der Waals surface area contributed by atoms with Crippen LogP contribution in [-0.2, 0) is 4.79 Å². The minimum absolute atomic E-state index is 0.0693. The van der Waals surface area contributed by atoms with Crippen molar-refractivity contribution < 1.29 is 27.9 Å². The summed E-state index contributed by atoms with van der Waals surface area (Å²) in [6, 6.07) is -0.0693. The molecule has 0 saturated heterocycles. The van der Waals surface area contributed by atoms with Crippen molar-refractivity contribution in [2.45, 2.75) is 25.1 Å². The molecule has 1 aromatic rings. The number of imidazole rings is 1. The van der Waals surface area contributed by atoms with E-state index in [2.05, 4.69) is 4.98 Å². The first-order chi connectivity index (χ1) is 8.30. The van der Waals surface area contributed by atoms with Gasteiger partial charge < -0.3 is 15.0 Å². The molecule has 1 fully saturated rings.